The van der Waals surface area contributed by atoms with Crippen molar-refractivity contribution < 1.29 is 14.3 Å². The predicted octanol–water partition coefficient (Wildman–Crippen LogP) is 2.29. The highest BCUT2D eigenvalue weighted by Gasteiger charge is 2.39. The van der Waals surface area contributed by atoms with Gasteiger partial charge in [0.15, 0.2) is 0 Å². The van der Waals surface area contributed by atoms with E-state index < -0.39 is 6.04 Å². The van der Waals surface area contributed by atoms with Crippen LogP contribution in [0.1, 0.15) is 25.3 Å². The maximum Gasteiger partial charge on any atom is 0.251 e. The van der Waals surface area contributed by atoms with Crippen molar-refractivity contribution in [3.05, 3.63) is 54.4 Å². The summed E-state index contributed by atoms with van der Waals surface area (Å²) in [5.74, 6) is 0.308. The van der Waals surface area contributed by atoms with Crippen molar-refractivity contribution in [2.75, 3.05) is 11.5 Å². The maximum atomic E-state index is 12.6. The molecule has 0 radical (unpaired) electrons. The number of carbonyl (C=O) groups is 2. The largest absolute Gasteiger partial charge is 0.494 e. The number of rotatable bonds is 7. The van der Waals surface area contributed by atoms with Gasteiger partial charge in [-0.3, -0.25) is 14.6 Å². The molecule has 0 bridgehead atoms. The molecule has 25 heavy (non-hydrogen) atoms. The molecule has 0 saturated carbocycles. The minimum Gasteiger partial charge on any atom is -0.494 e. The second kappa shape index (κ2) is 7.90. The molecule has 2 heterocycles. The van der Waals surface area contributed by atoms with Gasteiger partial charge in [0.2, 0.25) is 5.91 Å². The van der Waals surface area contributed by atoms with Crippen molar-refractivity contribution in [2.24, 2.45) is 0 Å². The third-order valence-corrected chi connectivity index (χ3v) is 3.99. The molecule has 1 aliphatic rings. The summed E-state index contributed by atoms with van der Waals surface area (Å²) in [6.07, 6.45) is 4.52. The van der Waals surface area contributed by atoms with E-state index in [4.69, 9.17) is 4.74 Å². The van der Waals surface area contributed by atoms with Gasteiger partial charge in [-0.2, -0.15) is 0 Å². The summed E-state index contributed by atoms with van der Waals surface area (Å²) in [7, 11) is 0. The average molecular weight is 339 g/mol. The lowest BCUT2D eigenvalue weighted by Crippen LogP contribution is -2.38. The van der Waals surface area contributed by atoms with Crippen LogP contribution in [-0.4, -0.2) is 29.4 Å². The highest BCUT2D eigenvalue weighted by molar-refractivity contribution is 6.22. The SMILES string of the molecule is CCCOc1ccc(N2C(=O)C[C@@H](NCc3cccnc3)C2=O)cc1. The first-order chi connectivity index (χ1) is 12.2. The highest BCUT2D eigenvalue weighted by atomic mass is 16.5. The molecule has 1 N–H and O–H groups in total. The molecule has 1 aliphatic heterocycles. The number of aromatic nitrogens is 1. The van der Waals surface area contributed by atoms with Crippen LogP contribution in [0.25, 0.3) is 0 Å². The molecule has 1 aromatic carbocycles. The number of imide groups is 1. The van der Waals surface area contributed by atoms with E-state index in [1.807, 2.05) is 19.1 Å². The number of ether oxygens (including phenoxy) is 1. The van der Waals surface area contributed by atoms with Crippen LogP contribution in [-0.2, 0) is 16.1 Å². The first-order valence-electron chi connectivity index (χ1n) is 8.41. The number of amides is 2. The van der Waals surface area contributed by atoms with Crippen molar-refractivity contribution in [1.82, 2.24) is 10.3 Å². The van der Waals surface area contributed by atoms with E-state index in [1.54, 1.807) is 36.7 Å². The van der Waals surface area contributed by atoms with Crippen LogP contribution in [0.2, 0.25) is 0 Å². The van der Waals surface area contributed by atoms with Gasteiger partial charge in [-0.15, -0.1) is 0 Å². The molecule has 130 valence electrons. The predicted molar refractivity (Wildman–Crippen MR) is 94.2 cm³/mol. The summed E-state index contributed by atoms with van der Waals surface area (Å²) in [5.41, 5.74) is 1.54. The highest BCUT2D eigenvalue weighted by Crippen LogP contribution is 2.25. The van der Waals surface area contributed by atoms with Crippen LogP contribution in [0.3, 0.4) is 0 Å². The summed E-state index contributed by atoms with van der Waals surface area (Å²) in [6, 6.07) is 10.3. The summed E-state index contributed by atoms with van der Waals surface area (Å²) in [5, 5.41) is 3.14. The molecule has 1 atom stereocenters. The first kappa shape index (κ1) is 17.1. The minimum atomic E-state index is -0.510. The zero-order chi connectivity index (χ0) is 17.6. The standard InChI is InChI=1S/C19H21N3O3/c1-2-10-25-16-7-5-15(6-8-16)22-18(23)11-17(19(22)24)21-13-14-4-3-9-20-12-14/h3-9,12,17,21H,2,10-11,13H2,1H3/t17-/m1/s1. The number of nitrogens with one attached hydrogen (secondary N) is 1. The number of hydrogen-bond donors (Lipinski definition) is 1. The molecule has 2 aromatic rings. The third kappa shape index (κ3) is 4.03. The summed E-state index contributed by atoms with van der Waals surface area (Å²) < 4.78 is 5.53. The molecule has 1 fully saturated rings. The second-order valence-electron chi connectivity index (χ2n) is 5.91. The Morgan fingerprint density at radius 3 is 2.72 bits per heavy atom. The fourth-order valence-corrected chi connectivity index (χ4v) is 2.72. The molecule has 3 rings (SSSR count). The van der Waals surface area contributed by atoms with Crippen molar-refractivity contribution in [3.63, 3.8) is 0 Å². The van der Waals surface area contributed by atoms with E-state index in [2.05, 4.69) is 10.3 Å². The van der Waals surface area contributed by atoms with E-state index >= 15 is 0 Å². The lowest BCUT2D eigenvalue weighted by atomic mass is 10.2. The molecule has 0 spiro atoms. The number of hydrogen-bond acceptors (Lipinski definition) is 5. The number of nitrogens with zero attached hydrogens (tertiary/aromatic N) is 2. The first-order valence-corrected chi connectivity index (χ1v) is 8.41. The lowest BCUT2D eigenvalue weighted by molar-refractivity contribution is -0.121. The van der Waals surface area contributed by atoms with Gasteiger partial charge in [0, 0.05) is 18.9 Å². The maximum absolute atomic E-state index is 12.6. The van der Waals surface area contributed by atoms with E-state index in [-0.39, 0.29) is 18.2 Å². The van der Waals surface area contributed by atoms with Crippen LogP contribution in [0, 0.1) is 0 Å². The van der Waals surface area contributed by atoms with E-state index in [1.165, 1.54) is 4.90 Å². The Balaban J connectivity index is 1.64. The Morgan fingerprint density at radius 2 is 2.04 bits per heavy atom. The van der Waals surface area contributed by atoms with E-state index in [0.717, 1.165) is 17.7 Å². The third-order valence-electron chi connectivity index (χ3n) is 3.99. The molecule has 6 nitrogen and oxygen atoms in total. The Labute approximate surface area is 146 Å². The van der Waals surface area contributed by atoms with Gasteiger partial charge in [-0.25, -0.2) is 4.90 Å². The van der Waals surface area contributed by atoms with Crippen molar-refractivity contribution in [3.8, 4) is 5.75 Å². The second-order valence-corrected chi connectivity index (χ2v) is 5.91. The summed E-state index contributed by atoms with van der Waals surface area (Å²) in [4.78, 5) is 30.2. The van der Waals surface area contributed by atoms with Gasteiger partial charge in [-0.1, -0.05) is 13.0 Å². The average Bonchev–Trinajstić information content (AvgIpc) is 2.93. The van der Waals surface area contributed by atoms with Crippen molar-refractivity contribution in [1.29, 1.82) is 0 Å². The quantitative estimate of drug-likeness (QED) is 0.784. The molecule has 6 heteroatoms. The zero-order valence-electron chi connectivity index (χ0n) is 14.1. The zero-order valence-corrected chi connectivity index (χ0v) is 14.1. The molecule has 0 unspecified atom stereocenters. The summed E-state index contributed by atoms with van der Waals surface area (Å²) >= 11 is 0. The number of pyridine rings is 1. The molecule has 1 aromatic heterocycles. The smallest absolute Gasteiger partial charge is 0.251 e. The lowest BCUT2D eigenvalue weighted by Gasteiger charge is -2.16. The van der Waals surface area contributed by atoms with Gasteiger partial charge < -0.3 is 10.1 Å². The summed E-state index contributed by atoms with van der Waals surface area (Å²) in [6.45, 7) is 3.17. The van der Waals surface area contributed by atoms with Crippen LogP contribution < -0.4 is 15.0 Å². The van der Waals surface area contributed by atoms with Crippen LogP contribution in [0.15, 0.2) is 48.8 Å². The van der Waals surface area contributed by atoms with Crippen LogP contribution in [0.4, 0.5) is 5.69 Å². The minimum absolute atomic E-state index is 0.160. The Hall–Kier alpha value is -2.73. The molecular weight excluding hydrogens is 318 g/mol. The van der Waals surface area contributed by atoms with Gasteiger partial charge in [0.05, 0.1) is 24.8 Å². The fraction of sp³-hybridized carbons (Fsp3) is 0.316. The Bertz CT molecular complexity index is 731. The monoisotopic (exact) mass is 339 g/mol. The van der Waals surface area contributed by atoms with Crippen molar-refractivity contribution in [2.45, 2.75) is 32.4 Å². The topological polar surface area (TPSA) is 71.5 Å². The van der Waals surface area contributed by atoms with Gasteiger partial charge >= 0.3 is 0 Å². The van der Waals surface area contributed by atoms with Gasteiger partial charge in [0.25, 0.3) is 5.91 Å². The normalized spacial score (nSPS) is 17.2. The molecule has 0 aliphatic carbocycles. The van der Waals surface area contributed by atoms with Crippen molar-refractivity contribution >= 4 is 17.5 Å². The van der Waals surface area contributed by atoms with E-state index in [9.17, 15) is 9.59 Å². The van der Waals surface area contributed by atoms with Gasteiger partial charge in [0.1, 0.15) is 5.75 Å². The Morgan fingerprint density at radius 1 is 1.24 bits per heavy atom. The van der Waals surface area contributed by atoms with Crippen LogP contribution >= 0.6 is 0 Å². The van der Waals surface area contributed by atoms with E-state index in [0.29, 0.717) is 18.8 Å². The number of benzene rings is 1. The van der Waals surface area contributed by atoms with Crippen LogP contribution in [0.5, 0.6) is 5.75 Å². The molecule has 1 saturated heterocycles. The molecular formula is C19H21N3O3. The molecule has 2 amide bonds. The number of anilines is 1. The fourth-order valence-electron chi connectivity index (χ4n) is 2.72. The number of carbonyl (C=O) groups excluding carboxylic acids is 2. The Kier molecular flexibility index (Phi) is 5.40. The van der Waals surface area contributed by atoms with Gasteiger partial charge in [-0.05, 0) is 42.3 Å².